The quantitative estimate of drug-likeness (QED) is 0.723. The van der Waals surface area contributed by atoms with E-state index in [1.165, 1.54) is 19.2 Å². The Morgan fingerprint density at radius 1 is 1.07 bits per heavy atom. The van der Waals surface area contributed by atoms with E-state index in [-0.39, 0.29) is 11.4 Å². The molecule has 2 aromatic rings. The Kier molecular flexibility index (Phi) is 6.30. The molecule has 2 aromatic carbocycles. The Bertz CT molecular complexity index is 933. The molecule has 8 heteroatoms. The highest BCUT2D eigenvalue weighted by Crippen LogP contribution is 2.24. The summed E-state index contributed by atoms with van der Waals surface area (Å²) in [6.45, 7) is -0.366. The minimum Gasteiger partial charge on any atom is -0.497 e. The van der Waals surface area contributed by atoms with Crippen molar-refractivity contribution in [3.05, 3.63) is 54.6 Å². The minimum absolute atomic E-state index is 0.0760. The summed E-state index contributed by atoms with van der Waals surface area (Å²) in [7, 11) is -2.43. The summed E-state index contributed by atoms with van der Waals surface area (Å²) in [4.78, 5) is 12.5. The van der Waals surface area contributed by atoms with E-state index in [1.807, 2.05) is 0 Å². The number of sulfonamides is 1. The number of ether oxygens (including phenoxy) is 1. The van der Waals surface area contributed by atoms with Crippen LogP contribution in [0.4, 0.5) is 5.69 Å². The van der Waals surface area contributed by atoms with Crippen LogP contribution in [-0.4, -0.2) is 33.7 Å². The van der Waals surface area contributed by atoms with Gasteiger partial charge in [-0.1, -0.05) is 18.2 Å². The first-order valence-corrected chi connectivity index (χ1v) is 10.5. The van der Waals surface area contributed by atoms with Crippen molar-refractivity contribution in [2.45, 2.75) is 30.6 Å². The van der Waals surface area contributed by atoms with E-state index >= 15 is 0 Å². The Hall–Kier alpha value is -2.87. The van der Waals surface area contributed by atoms with Crippen LogP contribution >= 0.6 is 0 Å². The highest BCUT2D eigenvalue weighted by atomic mass is 32.2. The van der Waals surface area contributed by atoms with Crippen molar-refractivity contribution >= 4 is 27.3 Å². The number of methoxy groups -OCH3 is 1. The lowest BCUT2D eigenvalue weighted by Gasteiger charge is -2.23. The first-order chi connectivity index (χ1) is 13.5. The molecule has 0 heterocycles. The smallest absolute Gasteiger partial charge is 0.264 e. The number of nitrogens with zero attached hydrogens (tertiary/aromatic N) is 2. The van der Waals surface area contributed by atoms with E-state index in [9.17, 15) is 13.2 Å². The average molecular weight is 401 g/mol. The number of amides is 1. The number of para-hydroxylation sites is 1. The van der Waals surface area contributed by atoms with Crippen molar-refractivity contribution in [3.63, 3.8) is 0 Å². The lowest BCUT2D eigenvalue weighted by atomic mass is 10.3. The van der Waals surface area contributed by atoms with Crippen LogP contribution in [0.1, 0.15) is 25.7 Å². The topological polar surface area (TPSA) is 88.1 Å². The normalized spacial score (nSPS) is 13.8. The van der Waals surface area contributed by atoms with Gasteiger partial charge in [0.25, 0.3) is 15.9 Å². The van der Waals surface area contributed by atoms with Crippen LogP contribution in [0.15, 0.2) is 64.6 Å². The second-order valence-electron chi connectivity index (χ2n) is 6.44. The van der Waals surface area contributed by atoms with E-state index in [4.69, 9.17) is 4.74 Å². The number of hydrazone groups is 1. The van der Waals surface area contributed by atoms with Crippen molar-refractivity contribution < 1.29 is 17.9 Å². The van der Waals surface area contributed by atoms with Crippen LogP contribution in [0.2, 0.25) is 0 Å². The first-order valence-electron chi connectivity index (χ1n) is 9.07. The molecule has 1 N–H and O–H groups in total. The number of rotatable bonds is 7. The van der Waals surface area contributed by atoms with Crippen LogP contribution in [0.25, 0.3) is 0 Å². The molecule has 1 aliphatic rings. The van der Waals surface area contributed by atoms with Gasteiger partial charge in [-0.25, -0.2) is 13.8 Å². The molecule has 0 unspecified atom stereocenters. The van der Waals surface area contributed by atoms with Crippen molar-refractivity contribution in [2.75, 3.05) is 18.0 Å². The maximum absolute atomic E-state index is 13.2. The second-order valence-corrected chi connectivity index (χ2v) is 8.31. The third kappa shape index (κ3) is 4.69. The molecule has 1 aliphatic carbocycles. The van der Waals surface area contributed by atoms with E-state index in [0.29, 0.717) is 11.4 Å². The van der Waals surface area contributed by atoms with E-state index in [0.717, 1.165) is 35.7 Å². The SMILES string of the molecule is COc1ccc(S(=O)(=O)N(CC(=O)NN=C2CCCC2)c2ccccc2)cc1. The molecule has 0 aliphatic heterocycles. The number of hydrogen-bond donors (Lipinski definition) is 1. The van der Waals surface area contributed by atoms with Gasteiger partial charge < -0.3 is 4.74 Å². The second kappa shape index (κ2) is 8.88. The maximum Gasteiger partial charge on any atom is 0.264 e. The van der Waals surface area contributed by atoms with Crippen LogP contribution in [-0.2, 0) is 14.8 Å². The number of nitrogens with one attached hydrogen (secondary N) is 1. The zero-order valence-electron chi connectivity index (χ0n) is 15.7. The number of carbonyl (C=O) groups excluding carboxylic acids is 1. The monoisotopic (exact) mass is 401 g/mol. The third-order valence-electron chi connectivity index (χ3n) is 4.50. The van der Waals surface area contributed by atoms with E-state index in [2.05, 4.69) is 10.5 Å². The summed E-state index contributed by atoms with van der Waals surface area (Å²) < 4.78 is 32.6. The number of anilines is 1. The minimum atomic E-state index is -3.94. The van der Waals surface area contributed by atoms with Gasteiger partial charge in [0.2, 0.25) is 0 Å². The summed E-state index contributed by atoms with van der Waals surface area (Å²) >= 11 is 0. The number of carbonyl (C=O) groups is 1. The lowest BCUT2D eigenvalue weighted by Crippen LogP contribution is -2.39. The van der Waals surface area contributed by atoms with Crippen molar-refractivity contribution in [1.82, 2.24) is 5.43 Å². The van der Waals surface area contributed by atoms with Crippen LogP contribution < -0.4 is 14.5 Å². The Labute approximate surface area is 165 Å². The Balaban J connectivity index is 1.85. The van der Waals surface area contributed by atoms with Crippen molar-refractivity contribution in [1.29, 1.82) is 0 Å². The fourth-order valence-electron chi connectivity index (χ4n) is 2.99. The highest BCUT2D eigenvalue weighted by molar-refractivity contribution is 7.92. The molecule has 0 atom stereocenters. The van der Waals surface area contributed by atoms with Crippen LogP contribution in [0.3, 0.4) is 0 Å². The fraction of sp³-hybridized carbons (Fsp3) is 0.300. The molecule has 0 aromatic heterocycles. The molecule has 1 amide bonds. The van der Waals surface area contributed by atoms with Crippen LogP contribution in [0, 0.1) is 0 Å². The summed E-state index contributed by atoms with van der Waals surface area (Å²) in [5, 5.41) is 4.13. The summed E-state index contributed by atoms with van der Waals surface area (Å²) in [5.41, 5.74) is 3.84. The molecule has 0 saturated heterocycles. The largest absolute Gasteiger partial charge is 0.497 e. The van der Waals surface area contributed by atoms with Gasteiger partial charge in [-0.05, 0) is 62.1 Å². The van der Waals surface area contributed by atoms with Gasteiger partial charge in [-0.2, -0.15) is 5.10 Å². The number of benzene rings is 2. The van der Waals surface area contributed by atoms with Gasteiger partial charge in [0.05, 0.1) is 17.7 Å². The zero-order chi connectivity index (χ0) is 20.0. The molecule has 0 radical (unpaired) electrons. The molecule has 3 rings (SSSR count). The molecular weight excluding hydrogens is 378 g/mol. The molecule has 148 valence electrons. The summed E-state index contributed by atoms with van der Waals surface area (Å²) in [6.07, 6.45) is 3.87. The molecule has 28 heavy (non-hydrogen) atoms. The first kappa shape index (κ1) is 19.9. The average Bonchev–Trinajstić information content (AvgIpc) is 3.25. The molecule has 1 saturated carbocycles. The van der Waals surface area contributed by atoms with E-state index < -0.39 is 15.9 Å². The molecule has 0 spiro atoms. The molecule has 1 fully saturated rings. The summed E-state index contributed by atoms with van der Waals surface area (Å²) in [6, 6.07) is 14.6. The van der Waals surface area contributed by atoms with E-state index in [1.54, 1.807) is 42.5 Å². The van der Waals surface area contributed by atoms with Gasteiger partial charge >= 0.3 is 0 Å². The lowest BCUT2D eigenvalue weighted by molar-refractivity contribution is -0.119. The third-order valence-corrected chi connectivity index (χ3v) is 6.29. The molecule has 0 bridgehead atoms. The number of hydrogen-bond acceptors (Lipinski definition) is 5. The Morgan fingerprint density at radius 3 is 2.32 bits per heavy atom. The molecule has 7 nitrogen and oxygen atoms in total. The molecular formula is C20H23N3O4S. The maximum atomic E-state index is 13.2. The van der Waals surface area contributed by atoms with Crippen molar-refractivity contribution in [3.8, 4) is 5.75 Å². The fourth-order valence-corrected chi connectivity index (χ4v) is 4.41. The highest BCUT2D eigenvalue weighted by Gasteiger charge is 2.27. The van der Waals surface area contributed by atoms with Gasteiger partial charge in [0.15, 0.2) is 0 Å². The van der Waals surface area contributed by atoms with Crippen molar-refractivity contribution in [2.24, 2.45) is 5.10 Å². The Morgan fingerprint density at radius 2 is 1.71 bits per heavy atom. The predicted molar refractivity (Wildman–Crippen MR) is 108 cm³/mol. The summed E-state index contributed by atoms with van der Waals surface area (Å²) in [5.74, 6) is 0.0654. The standard InChI is InChI=1S/C20H23N3O4S/c1-27-18-11-13-19(14-12-18)28(25,26)23(17-9-3-2-4-10-17)15-20(24)22-21-16-7-5-6-8-16/h2-4,9-14H,5-8,15H2,1H3,(H,22,24). The van der Waals surface area contributed by atoms with Gasteiger partial charge in [-0.3, -0.25) is 9.10 Å². The van der Waals surface area contributed by atoms with Crippen LogP contribution in [0.5, 0.6) is 5.75 Å². The van der Waals surface area contributed by atoms with Gasteiger partial charge in [0, 0.05) is 5.71 Å². The predicted octanol–water partition coefficient (Wildman–Crippen LogP) is 2.94. The van der Waals surface area contributed by atoms with Gasteiger partial charge in [-0.15, -0.1) is 0 Å². The zero-order valence-corrected chi connectivity index (χ0v) is 16.5. The van der Waals surface area contributed by atoms with Gasteiger partial charge in [0.1, 0.15) is 12.3 Å².